The van der Waals surface area contributed by atoms with E-state index in [0.29, 0.717) is 12.0 Å². The van der Waals surface area contributed by atoms with Crippen LogP contribution < -0.4 is 4.74 Å². The fourth-order valence-corrected chi connectivity index (χ4v) is 4.59. The number of rotatable bonds is 3. The van der Waals surface area contributed by atoms with E-state index in [1.807, 2.05) is 23.2 Å². The Morgan fingerprint density at radius 1 is 1.16 bits per heavy atom. The van der Waals surface area contributed by atoms with E-state index >= 15 is 0 Å². The topological polar surface area (TPSA) is 68.0 Å². The summed E-state index contributed by atoms with van der Waals surface area (Å²) < 4.78 is 7.25. The van der Waals surface area contributed by atoms with Crippen molar-refractivity contribution in [1.82, 2.24) is 5.01 Å². The molecule has 0 saturated heterocycles. The van der Waals surface area contributed by atoms with Gasteiger partial charge in [-0.3, -0.25) is 10.1 Å². The van der Waals surface area contributed by atoms with Gasteiger partial charge in [0.1, 0.15) is 10.8 Å². The number of nitrogens with zero attached hydrogens (tertiary/aromatic N) is 3. The van der Waals surface area contributed by atoms with Gasteiger partial charge < -0.3 is 4.74 Å². The van der Waals surface area contributed by atoms with E-state index in [4.69, 9.17) is 21.4 Å². The molecule has 2 unspecified atom stereocenters. The van der Waals surface area contributed by atoms with Crippen LogP contribution in [0.1, 0.15) is 40.9 Å². The van der Waals surface area contributed by atoms with Gasteiger partial charge in [0.25, 0.3) is 5.69 Å². The third-order valence-corrected chi connectivity index (χ3v) is 6.40. The zero-order valence-electron chi connectivity index (χ0n) is 16.5. The highest BCUT2D eigenvalue weighted by atomic mass is 79.9. The number of fused-ring (bicyclic) bond motifs is 3. The first-order valence-corrected chi connectivity index (χ1v) is 10.9. The molecule has 0 amide bonds. The van der Waals surface area contributed by atoms with Gasteiger partial charge in [-0.1, -0.05) is 63.4 Å². The lowest BCUT2D eigenvalue weighted by Crippen LogP contribution is -2.33. The van der Waals surface area contributed by atoms with Crippen LogP contribution >= 0.6 is 27.5 Å². The van der Waals surface area contributed by atoms with Gasteiger partial charge in [-0.25, -0.2) is 5.01 Å². The summed E-state index contributed by atoms with van der Waals surface area (Å²) in [5.41, 5.74) is 4.70. The Bertz CT molecular complexity index is 1230. The maximum Gasteiger partial charge on any atom is 0.288 e. The Hall–Kier alpha value is -2.90. The second-order valence-electron chi connectivity index (χ2n) is 7.63. The van der Waals surface area contributed by atoms with E-state index in [9.17, 15) is 10.1 Å². The number of ether oxygens (including phenoxy) is 1. The summed E-state index contributed by atoms with van der Waals surface area (Å²) in [4.78, 5) is 10.9. The first kappa shape index (κ1) is 20.0. The van der Waals surface area contributed by atoms with Crippen LogP contribution in [0.5, 0.6) is 5.75 Å². The molecule has 3 aromatic rings. The number of hydrogen-bond acceptors (Lipinski definition) is 5. The average Bonchev–Trinajstić information content (AvgIpc) is 3.20. The van der Waals surface area contributed by atoms with E-state index in [1.54, 1.807) is 6.07 Å². The van der Waals surface area contributed by atoms with Gasteiger partial charge >= 0.3 is 0 Å². The molecule has 5 rings (SSSR count). The van der Waals surface area contributed by atoms with Crippen LogP contribution in [0.2, 0.25) is 5.02 Å². The predicted molar refractivity (Wildman–Crippen MR) is 123 cm³/mol. The fraction of sp³-hybridized carbons (Fsp3) is 0.174. The maximum atomic E-state index is 11.4. The highest BCUT2D eigenvalue weighted by molar-refractivity contribution is 9.10. The first-order chi connectivity index (χ1) is 14.9. The molecule has 6 nitrogen and oxygen atoms in total. The minimum absolute atomic E-state index is 0.0442. The van der Waals surface area contributed by atoms with E-state index in [-0.39, 0.29) is 16.8 Å². The molecule has 0 spiro atoms. The van der Waals surface area contributed by atoms with Crippen molar-refractivity contribution in [3.8, 4) is 5.75 Å². The van der Waals surface area contributed by atoms with Gasteiger partial charge in [0, 0.05) is 28.1 Å². The first-order valence-electron chi connectivity index (χ1n) is 9.73. The Morgan fingerprint density at radius 2 is 1.94 bits per heavy atom. The summed E-state index contributed by atoms with van der Waals surface area (Å²) in [6, 6.07) is 18.9. The third-order valence-electron chi connectivity index (χ3n) is 5.59. The summed E-state index contributed by atoms with van der Waals surface area (Å²) in [6.45, 7) is 2.05. The van der Waals surface area contributed by atoms with E-state index < -0.39 is 11.2 Å². The van der Waals surface area contributed by atoms with Crippen molar-refractivity contribution in [2.45, 2.75) is 25.6 Å². The lowest BCUT2D eigenvalue weighted by molar-refractivity contribution is -0.384. The average molecular weight is 499 g/mol. The molecule has 0 aromatic heterocycles. The normalized spacial score (nSPS) is 19.3. The fourth-order valence-electron chi connectivity index (χ4n) is 4.02. The molecule has 31 heavy (non-hydrogen) atoms. The monoisotopic (exact) mass is 497 g/mol. The van der Waals surface area contributed by atoms with Crippen LogP contribution in [0.4, 0.5) is 5.69 Å². The zero-order chi connectivity index (χ0) is 21.7. The van der Waals surface area contributed by atoms with E-state index in [0.717, 1.165) is 27.1 Å². The molecule has 3 aromatic carbocycles. The van der Waals surface area contributed by atoms with Crippen LogP contribution in [0, 0.1) is 17.0 Å². The number of hydrogen-bond donors (Lipinski definition) is 0. The predicted octanol–water partition coefficient (Wildman–Crippen LogP) is 6.56. The molecule has 2 atom stereocenters. The lowest BCUT2D eigenvalue weighted by atomic mass is 9.95. The molecule has 0 saturated carbocycles. The summed E-state index contributed by atoms with van der Waals surface area (Å²) in [5, 5.41) is 18.3. The van der Waals surface area contributed by atoms with E-state index in [1.165, 1.54) is 17.7 Å². The van der Waals surface area contributed by atoms with Crippen molar-refractivity contribution in [3.05, 3.63) is 103 Å². The minimum atomic E-state index is -0.599. The number of aryl methyl sites for hydroxylation is 1. The number of nitro benzene ring substituents is 1. The Kier molecular flexibility index (Phi) is 4.95. The molecular weight excluding hydrogens is 482 g/mol. The SMILES string of the molecule is Cc1ccc(C2=NN3C(C2)c2cc(Br)ccc2OC3c2ccc(Cl)c([N+](=O)[O-])c2)cc1. The molecule has 8 heteroatoms. The van der Waals surface area contributed by atoms with Crippen molar-refractivity contribution >= 4 is 38.9 Å². The van der Waals surface area contributed by atoms with Crippen LogP contribution in [0.25, 0.3) is 0 Å². The summed E-state index contributed by atoms with van der Waals surface area (Å²) >= 11 is 9.57. The van der Waals surface area contributed by atoms with Crippen molar-refractivity contribution in [1.29, 1.82) is 0 Å². The number of hydrazone groups is 1. The number of halogens is 2. The smallest absolute Gasteiger partial charge is 0.288 e. The van der Waals surface area contributed by atoms with Gasteiger partial charge in [-0.05, 0) is 36.8 Å². The lowest BCUT2D eigenvalue weighted by Gasteiger charge is -2.38. The summed E-state index contributed by atoms with van der Waals surface area (Å²) in [7, 11) is 0. The quantitative estimate of drug-likeness (QED) is 0.303. The molecule has 156 valence electrons. The molecular formula is C23H17BrClN3O3. The molecule has 0 N–H and O–H groups in total. The van der Waals surface area contributed by atoms with Gasteiger partial charge in [-0.15, -0.1) is 0 Å². The van der Waals surface area contributed by atoms with Crippen molar-refractivity contribution in [2.75, 3.05) is 0 Å². The highest BCUT2D eigenvalue weighted by Crippen LogP contribution is 2.48. The summed E-state index contributed by atoms with van der Waals surface area (Å²) in [5.74, 6) is 0.743. The third kappa shape index (κ3) is 3.58. The number of nitro groups is 1. The second kappa shape index (κ2) is 7.66. The molecule has 2 aliphatic rings. The molecule has 0 bridgehead atoms. The molecule has 2 aliphatic heterocycles. The summed E-state index contributed by atoms with van der Waals surface area (Å²) in [6.07, 6.45) is 0.111. The largest absolute Gasteiger partial charge is 0.464 e. The molecule has 0 aliphatic carbocycles. The van der Waals surface area contributed by atoms with Gasteiger partial charge in [0.05, 0.1) is 16.7 Å². The Balaban J connectivity index is 1.61. The van der Waals surface area contributed by atoms with Crippen LogP contribution in [-0.2, 0) is 0 Å². The zero-order valence-corrected chi connectivity index (χ0v) is 18.8. The van der Waals surface area contributed by atoms with E-state index in [2.05, 4.69) is 47.1 Å². The van der Waals surface area contributed by atoms with Gasteiger partial charge in [0.2, 0.25) is 6.23 Å². The van der Waals surface area contributed by atoms with Crippen LogP contribution in [0.3, 0.4) is 0 Å². The van der Waals surface area contributed by atoms with Crippen molar-refractivity contribution in [2.24, 2.45) is 5.10 Å². The van der Waals surface area contributed by atoms with Gasteiger partial charge in [0.15, 0.2) is 0 Å². The van der Waals surface area contributed by atoms with Crippen molar-refractivity contribution < 1.29 is 9.66 Å². The van der Waals surface area contributed by atoms with Crippen LogP contribution in [-0.4, -0.2) is 15.6 Å². The van der Waals surface area contributed by atoms with Crippen molar-refractivity contribution in [3.63, 3.8) is 0 Å². The standard InChI is InChI=1S/C23H17BrClN3O3/c1-13-2-4-14(5-3-13)19-12-20-17-11-16(24)7-9-22(17)31-23(27(20)26-19)15-6-8-18(25)21(10-15)28(29)30/h2-11,20,23H,12H2,1H3. The second-order valence-corrected chi connectivity index (χ2v) is 8.96. The minimum Gasteiger partial charge on any atom is -0.464 e. The highest BCUT2D eigenvalue weighted by Gasteiger charge is 2.41. The maximum absolute atomic E-state index is 11.4. The molecule has 0 fully saturated rings. The van der Waals surface area contributed by atoms with Gasteiger partial charge in [-0.2, -0.15) is 5.10 Å². The molecule has 2 heterocycles. The Labute approximate surface area is 192 Å². The van der Waals surface area contributed by atoms with Crippen LogP contribution in [0.15, 0.2) is 70.2 Å². The Morgan fingerprint density at radius 3 is 2.68 bits per heavy atom. The number of benzene rings is 3. The molecule has 0 radical (unpaired) electrons.